The Morgan fingerprint density at radius 1 is 0.395 bits per heavy atom. The highest BCUT2D eigenvalue weighted by Gasteiger charge is 2.06. The Morgan fingerprint density at radius 3 is 1.05 bits per heavy atom. The summed E-state index contributed by atoms with van der Waals surface area (Å²) < 4.78 is 10.7. The maximum absolute atomic E-state index is 11.9. The van der Waals surface area contributed by atoms with Crippen LogP contribution in [0.4, 0.5) is 0 Å². The number of hydrogen-bond acceptors (Lipinski definition) is 5. The SMILES string of the molecule is CCCCCCCCCCCCCCCCCCOC(=O)CCCSCC(=O)OCCCCCCCCCCCCCC. The van der Waals surface area contributed by atoms with Gasteiger partial charge in [0.25, 0.3) is 0 Å². The quantitative estimate of drug-likeness (QED) is 0.0511. The summed E-state index contributed by atoms with van der Waals surface area (Å²) in [6.07, 6.45) is 38.5. The van der Waals surface area contributed by atoms with Crippen LogP contribution < -0.4 is 0 Å². The first-order valence-electron chi connectivity index (χ1n) is 19.1. The van der Waals surface area contributed by atoms with Crippen molar-refractivity contribution >= 4 is 23.7 Å². The molecule has 0 aromatic heterocycles. The third kappa shape index (κ3) is 37.4. The van der Waals surface area contributed by atoms with E-state index in [0.29, 0.717) is 25.4 Å². The van der Waals surface area contributed by atoms with Crippen LogP contribution in [-0.4, -0.2) is 36.7 Å². The van der Waals surface area contributed by atoms with E-state index >= 15 is 0 Å². The summed E-state index contributed by atoms with van der Waals surface area (Å²) in [7, 11) is 0. The maximum atomic E-state index is 11.9. The second-order valence-corrected chi connectivity index (χ2v) is 13.9. The van der Waals surface area contributed by atoms with Gasteiger partial charge in [0, 0.05) is 6.42 Å². The number of hydrogen-bond donors (Lipinski definition) is 0. The van der Waals surface area contributed by atoms with Gasteiger partial charge in [0.1, 0.15) is 0 Å². The molecule has 0 atom stereocenters. The molecule has 0 N–H and O–H groups in total. The Labute approximate surface area is 273 Å². The largest absolute Gasteiger partial charge is 0.466 e. The van der Waals surface area contributed by atoms with E-state index in [1.54, 1.807) is 11.8 Å². The Morgan fingerprint density at radius 2 is 0.698 bits per heavy atom. The zero-order valence-corrected chi connectivity index (χ0v) is 29.9. The average Bonchev–Trinajstić information content (AvgIpc) is 3.00. The Bertz CT molecular complexity index is 568. The number of esters is 2. The van der Waals surface area contributed by atoms with E-state index < -0.39 is 0 Å². The number of ether oxygens (including phenoxy) is 2. The highest BCUT2D eigenvalue weighted by molar-refractivity contribution is 7.99. The fourth-order valence-electron chi connectivity index (χ4n) is 5.55. The lowest BCUT2D eigenvalue weighted by Crippen LogP contribution is -2.09. The van der Waals surface area contributed by atoms with Gasteiger partial charge >= 0.3 is 11.9 Å². The van der Waals surface area contributed by atoms with Crippen molar-refractivity contribution in [2.75, 3.05) is 24.7 Å². The monoisotopic (exact) mass is 627 g/mol. The zero-order valence-electron chi connectivity index (χ0n) is 29.1. The minimum Gasteiger partial charge on any atom is -0.466 e. The summed E-state index contributed by atoms with van der Waals surface area (Å²) >= 11 is 1.56. The Balaban J connectivity index is 3.25. The molecule has 0 rings (SSSR count). The first-order valence-corrected chi connectivity index (χ1v) is 20.2. The van der Waals surface area contributed by atoms with Crippen LogP contribution in [0.5, 0.6) is 0 Å². The second kappa shape index (κ2) is 37.5. The molecule has 0 spiro atoms. The molecule has 43 heavy (non-hydrogen) atoms. The van der Waals surface area contributed by atoms with E-state index in [9.17, 15) is 9.59 Å². The fraction of sp³-hybridized carbons (Fsp3) is 0.947. The molecule has 0 bridgehead atoms. The standard InChI is InChI=1S/C38H74O4S/c1-3-5-7-9-11-13-15-17-18-19-20-22-23-25-27-29-33-41-37(39)32-31-35-43-36-38(40)42-34-30-28-26-24-21-16-14-12-10-8-6-4-2/h3-36H2,1-2H3. The molecule has 0 aliphatic rings. The number of unbranched alkanes of at least 4 members (excludes halogenated alkanes) is 26. The summed E-state index contributed by atoms with van der Waals surface area (Å²) in [6.45, 7) is 5.65. The van der Waals surface area contributed by atoms with Gasteiger partial charge in [-0.05, 0) is 25.0 Å². The molecular weight excluding hydrogens is 552 g/mol. The van der Waals surface area contributed by atoms with Gasteiger partial charge in [-0.25, -0.2) is 0 Å². The van der Waals surface area contributed by atoms with E-state index in [4.69, 9.17) is 9.47 Å². The van der Waals surface area contributed by atoms with E-state index in [-0.39, 0.29) is 11.9 Å². The van der Waals surface area contributed by atoms with Crippen molar-refractivity contribution in [3.63, 3.8) is 0 Å². The number of thioether (sulfide) groups is 1. The van der Waals surface area contributed by atoms with Crippen LogP contribution in [0.1, 0.15) is 206 Å². The predicted molar refractivity (Wildman–Crippen MR) is 189 cm³/mol. The number of carbonyl (C=O) groups excluding carboxylic acids is 2. The van der Waals surface area contributed by atoms with Crippen molar-refractivity contribution in [3.8, 4) is 0 Å². The molecule has 5 heteroatoms. The smallest absolute Gasteiger partial charge is 0.315 e. The van der Waals surface area contributed by atoms with Crippen molar-refractivity contribution in [2.24, 2.45) is 0 Å². The molecule has 0 saturated carbocycles. The summed E-state index contributed by atoms with van der Waals surface area (Å²) in [6, 6.07) is 0. The van der Waals surface area contributed by atoms with Crippen LogP contribution in [0.15, 0.2) is 0 Å². The van der Waals surface area contributed by atoms with E-state index in [0.717, 1.165) is 37.9 Å². The van der Waals surface area contributed by atoms with E-state index in [2.05, 4.69) is 13.8 Å². The molecule has 256 valence electrons. The van der Waals surface area contributed by atoms with Gasteiger partial charge in [0.2, 0.25) is 0 Å². The molecule has 0 saturated heterocycles. The van der Waals surface area contributed by atoms with Gasteiger partial charge < -0.3 is 9.47 Å². The summed E-state index contributed by atoms with van der Waals surface area (Å²) in [4.78, 5) is 23.8. The summed E-state index contributed by atoms with van der Waals surface area (Å²) in [5, 5.41) is 0. The lowest BCUT2D eigenvalue weighted by atomic mass is 10.0. The minimum absolute atomic E-state index is 0.101. The Hall–Kier alpha value is -0.710. The van der Waals surface area contributed by atoms with Crippen LogP contribution in [0.3, 0.4) is 0 Å². The third-order valence-corrected chi connectivity index (χ3v) is 9.43. The van der Waals surface area contributed by atoms with Crippen LogP contribution in [0, 0.1) is 0 Å². The second-order valence-electron chi connectivity index (χ2n) is 12.8. The van der Waals surface area contributed by atoms with E-state index in [1.165, 1.54) is 154 Å². The predicted octanol–water partition coefficient (Wildman–Crippen LogP) is 12.5. The van der Waals surface area contributed by atoms with Crippen LogP contribution in [-0.2, 0) is 19.1 Å². The summed E-state index contributed by atoms with van der Waals surface area (Å²) in [5.74, 6) is 0.948. The van der Waals surface area contributed by atoms with Gasteiger partial charge in [-0.15, -0.1) is 0 Å². The summed E-state index contributed by atoms with van der Waals surface area (Å²) in [5.41, 5.74) is 0. The van der Waals surface area contributed by atoms with Gasteiger partial charge in [-0.2, -0.15) is 11.8 Å². The molecule has 0 aromatic carbocycles. The molecule has 0 heterocycles. The molecular formula is C38H74O4S. The van der Waals surface area contributed by atoms with Gasteiger partial charge in [0.15, 0.2) is 0 Å². The van der Waals surface area contributed by atoms with Crippen molar-refractivity contribution in [3.05, 3.63) is 0 Å². The molecule has 0 fully saturated rings. The topological polar surface area (TPSA) is 52.6 Å². The third-order valence-electron chi connectivity index (χ3n) is 8.41. The van der Waals surface area contributed by atoms with Crippen LogP contribution >= 0.6 is 11.8 Å². The van der Waals surface area contributed by atoms with Gasteiger partial charge in [-0.3, -0.25) is 9.59 Å². The first-order chi connectivity index (χ1) is 21.2. The van der Waals surface area contributed by atoms with Crippen molar-refractivity contribution in [1.82, 2.24) is 0 Å². The molecule has 0 unspecified atom stereocenters. The number of carbonyl (C=O) groups is 2. The highest BCUT2D eigenvalue weighted by atomic mass is 32.2. The fourth-order valence-corrected chi connectivity index (χ4v) is 6.30. The van der Waals surface area contributed by atoms with Crippen LogP contribution in [0.2, 0.25) is 0 Å². The maximum Gasteiger partial charge on any atom is 0.315 e. The molecule has 0 amide bonds. The normalized spacial score (nSPS) is 11.2. The zero-order chi connectivity index (χ0) is 31.3. The Kier molecular flexibility index (Phi) is 36.9. The highest BCUT2D eigenvalue weighted by Crippen LogP contribution is 2.15. The van der Waals surface area contributed by atoms with Crippen molar-refractivity contribution in [2.45, 2.75) is 206 Å². The lowest BCUT2D eigenvalue weighted by Gasteiger charge is -2.06. The molecule has 0 radical (unpaired) electrons. The molecule has 0 aliphatic carbocycles. The van der Waals surface area contributed by atoms with Crippen LogP contribution in [0.25, 0.3) is 0 Å². The van der Waals surface area contributed by atoms with E-state index in [1.807, 2.05) is 0 Å². The number of rotatable bonds is 36. The van der Waals surface area contributed by atoms with Crippen molar-refractivity contribution in [1.29, 1.82) is 0 Å². The molecule has 4 nitrogen and oxygen atoms in total. The van der Waals surface area contributed by atoms with Crippen molar-refractivity contribution < 1.29 is 19.1 Å². The van der Waals surface area contributed by atoms with Gasteiger partial charge in [-0.1, -0.05) is 181 Å². The molecule has 0 aromatic rings. The average molecular weight is 627 g/mol. The molecule has 0 aliphatic heterocycles. The first kappa shape index (κ1) is 42.3. The lowest BCUT2D eigenvalue weighted by molar-refractivity contribution is -0.144. The minimum atomic E-state index is -0.126. The van der Waals surface area contributed by atoms with Gasteiger partial charge in [0.05, 0.1) is 19.0 Å².